The van der Waals surface area contributed by atoms with Crippen LogP contribution >= 0.6 is 0 Å². The maximum atomic E-state index is 12.3. The number of amides is 1. The van der Waals surface area contributed by atoms with Gasteiger partial charge in [0.1, 0.15) is 5.69 Å². The van der Waals surface area contributed by atoms with Gasteiger partial charge in [0.15, 0.2) is 0 Å². The highest BCUT2D eigenvalue weighted by Crippen LogP contribution is 2.11. The molecule has 2 heterocycles. The number of hydrogen-bond acceptors (Lipinski definition) is 3. The third-order valence-electron chi connectivity index (χ3n) is 2.90. The van der Waals surface area contributed by atoms with Crippen molar-refractivity contribution < 1.29 is 4.79 Å². The minimum Gasteiger partial charge on any atom is -0.397 e. The zero-order chi connectivity index (χ0) is 13.8. The number of H-pyrrole nitrogens is 1. The number of aryl methyl sites for hydroxylation is 1. The molecule has 0 unspecified atom stereocenters. The molecule has 0 atom stereocenters. The lowest BCUT2D eigenvalue weighted by atomic mass is 10.2. The minimum atomic E-state index is -0.0671. The molecule has 100 valence electrons. The summed E-state index contributed by atoms with van der Waals surface area (Å²) in [6.45, 7) is 5.00. The van der Waals surface area contributed by atoms with E-state index in [1.807, 2.05) is 32.0 Å². The fraction of sp³-hybridized carbons (Fsp3) is 0.286. The van der Waals surface area contributed by atoms with E-state index in [1.165, 1.54) is 0 Å². The van der Waals surface area contributed by atoms with Crippen LogP contribution < -0.4 is 5.73 Å². The lowest BCUT2D eigenvalue weighted by molar-refractivity contribution is 0.0745. The van der Waals surface area contributed by atoms with Crippen molar-refractivity contribution in [3.63, 3.8) is 0 Å². The number of nitrogens with one attached hydrogen (secondary N) is 1. The molecule has 2 aromatic heterocycles. The van der Waals surface area contributed by atoms with Crippen LogP contribution in [0.25, 0.3) is 0 Å². The maximum Gasteiger partial charge on any atom is 0.270 e. The fourth-order valence-corrected chi connectivity index (χ4v) is 1.92. The number of hydrogen-bond donors (Lipinski definition) is 2. The molecule has 5 heteroatoms. The second-order valence-electron chi connectivity index (χ2n) is 4.44. The van der Waals surface area contributed by atoms with Crippen LogP contribution in [-0.4, -0.2) is 27.3 Å². The molecule has 0 saturated carbocycles. The van der Waals surface area contributed by atoms with Gasteiger partial charge in [-0.15, -0.1) is 0 Å². The van der Waals surface area contributed by atoms with Crippen LogP contribution in [0.5, 0.6) is 0 Å². The molecule has 1 amide bonds. The highest BCUT2D eigenvalue weighted by molar-refractivity contribution is 5.93. The van der Waals surface area contributed by atoms with Gasteiger partial charge in [0.05, 0.1) is 12.2 Å². The van der Waals surface area contributed by atoms with Gasteiger partial charge in [-0.25, -0.2) is 0 Å². The summed E-state index contributed by atoms with van der Waals surface area (Å²) >= 11 is 0. The zero-order valence-electron chi connectivity index (χ0n) is 11.2. The Morgan fingerprint density at radius 3 is 2.84 bits per heavy atom. The number of pyridine rings is 1. The molecule has 2 aromatic rings. The summed E-state index contributed by atoms with van der Waals surface area (Å²) in [5.41, 5.74) is 8.52. The van der Waals surface area contributed by atoms with Gasteiger partial charge >= 0.3 is 0 Å². The van der Waals surface area contributed by atoms with Gasteiger partial charge < -0.3 is 15.6 Å². The Labute approximate surface area is 112 Å². The average Bonchev–Trinajstić information content (AvgIpc) is 2.82. The molecule has 19 heavy (non-hydrogen) atoms. The largest absolute Gasteiger partial charge is 0.397 e. The van der Waals surface area contributed by atoms with Crippen LogP contribution in [0.3, 0.4) is 0 Å². The number of rotatable bonds is 4. The Kier molecular flexibility index (Phi) is 3.85. The van der Waals surface area contributed by atoms with Gasteiger partial charge in [-0.1, -0.05) is 6.07 Å². The van der Waals surface area contributed by atoms with Gasteiger partial charge in [-0.2, -0.15) is 0 Å². The average molecular weight is 258 g/mol. The van der Waals surface area contributed by atoms with Crippen molar-refractivity contribution >= 4 is 11.6 Å². The number of aromatic nitrogens is 2. The van der Waals surface area contributed by atoms with E-state index >= 15 is 0 Å². The Morgan fingerprint density at radius 1 is 1.47 bits per heavy atom. The zero-order valence-corrected chi connectivity index (χ0v) is 11.2. The van der Waals surface area contributed by atoms with E-state index in [2.05, 4.69) is 9.97 Å². The molecule has 0 spiro atoms. The van der Waals surface area contributed by atoms with Crippen molar-refractivity contribution in [3.05, 3.63) is 47.5 Å². The number of carbonyl (C=O) groups is 1. The van der Waals surface area contributed by atoms with Gasteiger partial charge in [0, 0.05) is 24.1 Å². The molecular weight excluding hydrogens is 240 g/mol. The maximum absolute atomic E-state index is 12.3. The van der Waals surface area contributed by atoms with Crippen LogP contribution in [0, 0.1) is 6.92 Å². The van der Waals surface area contributed by atoms with Crippen molar-refractivity contribution in [1.82, 2.24) is 14.9 Å². The second-order valence-corrected chi connectivity index (χ2v) is 4.44. The molecule has 0 aliphatic rings. The van der Waals surface area contributed by atoms with E-state index in [1.54, 1.807) is 17.2 Å². The number of nitrogen functional groups attached to an aromatic ring is 1. The van der Waals surface area contributed by atoms with Crippen LogP contribution in [0.4, 0.5) is 5.69 Å². The van der Waals surface area contributed by atoms with Crippen LogP contribution in [0.15, 0.2) is 30.5 Å². The lowest BCUT2D eigenvalue weighted by Crippen LogP contribution is -2.30. The summed E-state index contributed by atoms with van der Waals surface area (Å²) in [6, 6.07) is 7.45. The van der Waals surface area contributed by atoms with Crippen LogP contribution in [-0.2, 0) is 6.54 Å². The van der Waals surface area contributed by atoms with Crippen LogP contribution in [0.2, 0.25) is 0 Å². The summed E-state index contributed by atoms with van der Waals surface area (Å²) in [5, 5.41) is 0. The molecule has 0 aromatic carbocycles. The predicted molar refractivity (Wildman–Crippen MR) is 74.6 cm³/mol. The van der Waals surface area contributed by atoms with Gasteiger partial charge in [-0.05, 0) is 32.0 Å². The van der Waals surface area contributed by atoms with Gasteiger partial charge in [-0.3, -0.25) is 9.78 Å². The van der Waals surface area contributed by atoms with E-state index < -0.39 is 0 Å². The number of nitrogens with zero attached hydrogens (tertiary/aromatic N) is 2. The second kappa shape index (κ2) is 5.56. The number of aromatic amines is 1. The number of anilines is 1. The van der Waals surface area contributed by atoms with Crippen molar-refractivity contribution in [2.24, 2.45) is 0 Å². The Hall–Kier alpha value is -2.30. The van der Waals surface area contributed by atoms with Crippen molar-refractivity contribution in [2.45, 2.75) is 20.4 Å². The highest BCUT2D eigenvalue weighted by Gasteiger charge is 2.16. The van der Waals surface area contributed by atoms with Crippen molar-refractivity contribution in [1.29, 1.82) is 0 Å². The monoisotopic (exact) mass is 258 g/mol. The summed E-state index contributed by atoms with van der Waals surface area (Å²) < 4.78 is 0. The van der Waals surface area contributed by atoms with E-state index in [9.17, 15) is 4.79 Å². The molecular formula is C14H18N4O. The van der Waals surface area contributed by atoms with E-state index in [0.717, 1.165) is 11.4 Å². The molecule has 2 rings (SSSR count). The Balaban J connectivity index is 2.14. The first-order valence-electron chi connectivity index (χ1n) is 6.26. The first-order valence-corrected chi connectivity index (χ1v) is 6.26. The van der Waals surface area contributed by atoms with E-state index in [0.29, 0.717) is 24.5 Å². The number of carbonyl (C=O) groups excluding carboxylic acids is 1. The molecule has 0 fully saturated rings. The van der Waals surface area contributed by atoms with Crippen LogP contribution in [0.1, 0.15) is 28.8 Å². The molecule has 0 bridgehead atoms. The summed E-state index contributed by atoms with van der Waals surface area (Å²) in [4.78, 5) is 21.3. The van der Waals surface area contributed by atoms with Gasteiger partial charge in [0.2, 0.25) is 0 Å². The predicted octanol–water partition coefficient (Wildman–Crippen LogP) is 1.96. The first kappa shape index (κ1) is 13.1. The SMILES string of the molecule is CCN(Cc1cccc(C)n1)C(=O)c1cc(N)c[nH]1. The molecule has 3 N–H and O–H groups in total. The molecule has 0 aliphatic carbocycles. The molecule has 0 aliphatic heterocycles. The lowest BCUT2D eigenvalue weighted by Gasteiger charge is -2.19. The minimum absolute atomic E-state index is 0.0671. The Morgan fingerprint density at radius 2 is 2.26 bits per heavy atom. The summed E-state index contributed by atoms with van der Waals surface area (Å²) in [5.74, 6) is -0.0671. The van der Waals surface area contributed by atoms with Crippen molar-refractivity contribution in [2.75, 3.05) is 12.3 Å². The third kappa shape index (κ3) is 3.13. The molecule has 0 radical (unpaired) electrons. The summed E-state index contributed by atoms with van der Waals surface area (Å²) in [6.07, 6.45) is 1.62. The smallest absolute Gasteiger partial charge is 0.270 e. The molecule has 5 nitrogen and oxygen atoms in total. The topological polar surface area (TPSA) is 75.0 Å². The standard InChI is InChI=1S/C14H18N4O/c1-3-18(9-12-6-4-5-10(2)17-12)14(19)13-7-11(15)8-16-13/h4-8,16H,3,9,15H2,1-2H3. The Bertz CT molecular complexity index is 576. The van der Waals surface area contributed by atoms with Crippen molar-refractivity contribution in [3.8, 4) is 0 Å². The quantitative estimate of drug-likeness (QED) is 0.880. The highest BCUT2D eigenvalue weighted by atomic mass is 16.2. The normalized spacial score (nSPS) is 10.4. The molecule has 0 saturated heterocycles. The third-order valence-corrected chi connectivity index (χ3v) is 2.90. The summed E-state index contributed by atoms with van der Waals surface area (Å²) in [7, 11) is 0. The van der Waals surface area contributed by atoms with E-state index in [4.69, 9.17) is 5.73 Å². The number of nitrogens with two attached hydrogens (primary N) is 1. The van der Waals surface area contributed by atoms with E-state index in [-0.39, 0.29) is 5.91 Å². The fourth-order valence-electron chi connectivity index (χ4n) is 1.92. The van der Waals surface area contributed by atoms with Gasteiger partial charge in [0.25, 0.3) is 5.91 Å². The first-order chi connectivity index (χ1) is 9.10.